The normalized spacial score (nSPS) is 11.0. The lowest BCUT2D eigenvalue weighted by Crippen LogP contribution is -2.32. The number of carbonyl (C=O) groups excluding carboxylic acids is 3. The van der Waals surface area contributed by atoms with Crippen LogP contribution in [0.1, 0.15) is 25.0 Å². The number of amides is 3. The van der Waals surface area contributed by atoms with E-state index in [1.807, 2.05) is 24.3 Å². The molecule has 0 spiro atoms. The Kier molecular flexibility index (Phi) is 9.37. The van der Waals surface area contributed by atoms with Gasteiger partial charge < -0.3 is 30.2 Å². The molecule has 0 fully saturated rings. The summed E-state index contributed by atoms with van der Waals surface area (Å²) in [6.45, 7) is 4.40. The van der Waals surface area contributed by atoms with Crippen molar-refractivity contribution in [2.75, 3.05) is 20.3 Å². The zero-order valence-electron chi connectivity index (χ0n) is 15.2. The van der Waals surface area contributed by atoms with Gasteiger partial charge in [-0.2, -0.15) is 0 Å². The molecule has 26 heavy (non-hydrogen) atoms. The molecule has 1 rings (SSSR count). The third-order valence-electron chi connectivity index (χ3n) is 3.13. The van der Waals surface area contributed by atoms with Gasteiger partial charge in [-0.05, 0) is 25.0 Å². The number of rotatable bonds is 8. The van der Waals surface area contributed by atoms with Crippen LogP contribution in [0.15, 0.2) is 24.3 Å². The van der Waals surface area contributed by atoms with Crippen molar-refractivity contribution in [3.8, 4) is 0 Å². The fourth-order valence-electron chi connectivity index (χ4n) is 1.92. The molecular weight excluding hydrogens is 342 g/mol. The van der Waals surface area contributed by atoms with E-state index >= 15 is 0 Å². The van der Waals surface area contributed by atoms with E-state index in [1.54, 1.807) is 13.8 Å². The average Bonchev–Trinajstić information content (AvgIpc) is 2.63. The third kappa shape index (κ3) is 8.76. The van der Waals surface area contributed by atoms with E-state index in [1.165, 1.54) is 7.11 Å². The number of methoxy groups -OCH3 is 1. The highest BCUT2D eigenvalue weighted by atomic mass is 16.6. The summed E-state index contributed by atoms with van der Waals surface area (Å²) in [5.41, 5.74) is 1.71. The predicted octanol–water partition coefficient (Wildman–Crippen LogP) is 1.90. The van der Waals surface area contributed by atoms with Gasteiger partial charge in [0.2, 0.25) is 0 Å². The molecular formula is C17H25N3O6. The highest BCUT2D eigenvalue weighted by Crippen LogP contribution is 2.05. The topological polar surface area (TPSA) is 115 Å². The van der Waals surface area contributed by atoms with Gasteiger partial charge in [-0.25, -0.2) is 14.4 Å². The lowest BCUT2D eigenvalue weighted by molar-refractivity contribution is 0.0531. The average molecular weight is 367 g/mol. The predicted molar refractivity (Wildman–Crippen MR) is 93.5 cm³/mol. The van der Waals surface area contributed by atoms with Crippen LogP contribution in [-0.4, -0.2) is 44.6 Å². The molecule has 3 amide bonds. The van der Waals surface area contributed by atoms with Gasteiger partial charge >= 0.3 is 18.3 Å². The van der Waals surface area contributed by atoms with Gasteiger partial charge in [0.1, 0.15) is 12.7 Å². The van der Waals surface area contributed by atoms with Crippen molar-refractivity contribution in [1.82, 2.24) is 16.0 Å². The van der Waals surface area contributed by atoms with E-state index in [0.717, 1.165) is 11.1 Å². The van der Waals surface area contributed by atoms with Crippen LogP contribution in [0.2, 0.25) is 0 Å². The second kappa shape index (κ2) is 11.6. The molecule has 9 nitrogen and oxygen atoms in total. The van der Waals surface area contributed by atoms with E-state index in [2.05, 4.69) is 20.7 Å². The summed E-state index contributed by atoms with van der Waals surface area (Å²) < 4.78 is 14.5. The fourth-order valence-corrected chi connectivity index (χ4v) is 1.92. The molecule has 144 valence electrons. The molecule has 0 radical (unpaired) electrons. The minimum atomic E-state index is -0.616. The maximum Gasteiger partial charge on any atom is 0.407 e. The van der Waals surface area contributed by atoms with Crippen LogP contribution in [0.5, 0.6) is 0 Å². The number of hydrogen-bond donors (Lipinski definition) is 3. The van der Waals surface area contributed by atoms with Gasteiger partial charge in [0.15, 0.2) is 0 Å². The van der Waals surface area contributed by atoms with Gasteiger partial charge in [-0.15, -0.1) is 0 Å². The maximum atomic E-state index is 11.8. The largest absolute Gasteiger partial charge is 0.453 e. The summed E-state index contributed by atoms with van der Waals surface area (Å²) in [5.74, 6) is 0. The van der Waals surface area contributed by atoms with Crippen molar-refractivity contribution >= 4 is 18.3 Å². The summed E-state index contributed by atoms with van der Waals surface area (Å²) in [5, 5.41) is 7.67. The number of nitrogens with one attached hydrogen (secondary N) is 3. The number of hydrogen-bond acceptors (Lipinski definition) is 6. The fraction of sp³-hybridized carbons (Fsp3) is 0.471. The van der Waals surface area contributed by atoms with Gasteiger partial charge in [0.25, 0.3) is 0 Å². The molecule has 0 bridgehead atoms. The van der Waals surface area contributed by atoms with E-state index < -0.39 is 24.4 Å². The van der Waals surface area contributed by atoms with Crippen LogP contribution < -0.4 is 16.0 Å². The van der Waals surface area contributed by atoms with Gasteiger partial charge in [0.05, 0.1) is 7.11 Å². The first kappa shape index (κ1) is 21.1. The van der Waals surface area contributed by atoms with Crippen LogP contribution in [0.3, 0.4) is 0 Å². The number of benzene rings is 1. The molecule has 0 aromatic heterocycles. The second-order valence-electron chi connectivity index (χ2n) is 5.36. The molecule has 9 heteroatoms. The van der Waals surface area contributed by atoms with Gasteiger partial charge in [-0.1, -0.05) is 24.3 Å². The van der Waals surface area contributed by atoms with Gasteiger partial charge in [-0.3, -0.25) is 0 Å². The lowest BCUT2D eigenvalue weighted by atomic mass is 10.1. The Morgan fingerprint density at radius 1 is 1.00 bits per heavy atom. The number of alkyl carbamates (subject to hydrolysis) is 3. The first-order valence-corrected chi connectivity index (χ1v) is 8.19. The number of ether oxygens (including phenoxy) is 3. The molecule has 1 unspecified atom stereocenters. The Hall–Kier alpha value is -2.97. The Bertz CT molecular complexity index is 608. The van der Waals surface area contributed by atoms with Crippen LogP contribution in [0.25, 0.3) is 0 Å². The van der Waals surface area contributed by atoms with E-state index in [4.69, 9.17) is 9.47 Å². The first-order chi connectivity index (χ1) is 12.4. The molecule has 0 aliphatic carbocycles. The first-order valence-electron chi connectivity index (χ1n) is 8.19. The third-order valence-corrected chi connectivity index (χ3v) is 3.13. The minimum Gasteiger partial charge on any atom is -0.453 e. The standard InChI is InChI=1S/C17H25N3O6/c1-4-18-16(22)25-11-12(2)26-17(23)20-10-14-7-5-6-13(8-14)9-19-15(21)24-3/h5-8,12H,4,9-11H2,1-3H3,(H,18,22)(H,19,21)(H,20,23). The molecule has 0 aliphatic rings. The van der Waals surface area contributed by atoms with Crippen LogP contribution in [0.4, 0.5) is 14.4 Å². The summed E-state index contributed by atoms with van der Waals surface area (Å²) in [6.07, 6.45) is -2.26. The monoisotopic (exact) mass is 367 g/mol. The Morgan fingerprint density at radius 2 is 1.62 bits per heavy atom. The van der Waals surface area contributed by atoms with E-state index in [0.29, 0.717) is 13.1 Å². The Labute approximate surface area is 152 Å². The highest BCUT2D eigenvalue weighted by molar-refractivity contribution is 5.68. The van der Waals surface area contributed by atoms with Crippen molar-refractivity contribution < 1.29 is 28.6 Å². The zero-order valence-corrected chi connectivity index (χ0v) is 15.2. The summed E-state index contributed by atoms with van der Waals surface area (Å²) in [6, 6.07) is 7.35. The van der Waals surface area contributed by atoms with Crippen molar-refractivity contribution in [3.63, 3.8) is 0 Å². The quantitative estimate of drug-likeness (QED) is 0.605. The van der Waals surface area contributed by atoms with Crippen molar-refractivity contribution in [1.29, 1.82) is 0 Å². The van der Waals surface area contributed by atoms with Crippen molar-refractivity contribution in [3.05, 3.63) is 35.4 Å². The molecule has 1 aromatic rings. The zero-order chi connectivity index (χ0) is 19.4. The Morgan fingerprint density at radius 3 is 2.19 bits per heavy atom. The SMILES string of the molecule is CCNC(=O)OCC(C)OC(=O)NCc1cccc(CNC(=O)OC)c1. The molecule has 0 aliphatic heterocycles. The molecule has 1 atom stereocenters. The summed E-state index contributed by atoms with van der Waals surface area (Å²) in [4.78, 5) is 34.0. The molecule has 3 N–H and O–H groups in total. The molecule has 0 saturated heterocycles. The molecule has 0 saturated carbocycles. The van der Waals surface area contributed by atoms with Crippen LogP contribution in [-0.2, 0) is 27.3 Å². The van der Waals surface area contributed by atoms with E-state index in [-0.39, 0.29) is 13.2 Å². The van der Waals surface area contributed by atoms with Crippen molar-refractivity contribution in [2.24, 2.45) is 0 Å². The molecule has 1 aromatic carbocycles. The molecule has 0 heterocycles. The minimum absolute atomic E-state index is 0.0338. The van der Waals surface area contributed by atoms with E-state index in [9.17, 15) is 14.4 Å². The summed E-state index contributed by atoms with van der Waals surface area (Å²) in [7, 11) is 1.30. The van der Waals surface area contributed by atoms with Crippen molar-refractivity contribution in [2.45, 2.75) is 33.0 Å². The smallest absolute Gasteiger partial charge is 0.407 e. The highest BCUT2D eigenvalue weighted by Gasteiger charge is 2.11. The Balaban J connectivity index is 2.35. The van der Waals surface area contributed by atoms with Gasteiger partial charge in [0, 0.05) is 19.6 Å². The van der Waals surface area contributed by atoms with Crippen LogP contribution in [0, 0.1) is 0 Å². The maximum absolute atomic E-state index is 11.8. The summed E-state index contributed by atoms with van der Waals surface area (Å²) >= 11 is 0. The lowest BCUT2D eigenvalue weighted by Gasteiger charge is -2.14. The number of carbonyl (C=O) groups is 3. The second-order valence-corrected chi connectivity index (χ2v) is 5.36. The van der Waals surface area contributed by atoms with Crippen LogP contribution >= 0.6 is 0 Å².